The minimum absolute atomic E-state index is 0.264. The van der Waals surface area contributed by atoms with Crippen LogP contribution in [0.4, 0.5) is 0 Å². The molecule has 0 aliphatic carbocycles. The monoisotopic (exact) mass is 296 g/mol. The van der Waals surface area contributed by atoms with Crippen molar-refractivity contribution in [1.29, 1.82) is 0 Å². The highest BCUT2D eigenvalue weighted by Gasteiger charge is 2.18. The van der Waals surface area contributed by atoms with Crippen molar-refractivity contribution in [3.8, 4) is 16.3 Å². The van der Waals surface area contributed by atoms with Crippen molar-refractivity contribution >= 4 is 21.6 Å². The zero-order valence-electron chi connectivity index (χ0n) is 11.6. The molecule has 4 rings (SSSR count). The van der Waals surface area contributed by atoms with Gasteiger partial charge in [0.05, 0.1) is 15.8 Å². The highest BCUT2D eigenvalue weighted by molar-refractivity contribution is 7.21. The Morgan fingerprint density at radius 1 is 1.10 bits per heavy atom. The molecular formula is C17H16N2OS. The number of thiazole rings is 1. The third-order valence-electron chi connectivity index (χ3n) is 3.72. The molecule has 0 amide bonds. The van der Waals surface area contributed by atoms with Crippen LogP contribution >= 0.6 is 11.3 Å². The number of para-hydroxylation sites is 2. The molecule has 1 saturated heterocycles. The summed E-state index contributed by atoms with van der Waals surface area (Å²) in [6.45, 7) is 1.96. The second-order valence-corrected chi connectivity index (χ2v) is 6.25. The third-order valence-corrected chi connectivity index (χ3v) is 4.79. The number of hydrogen-bond donors (Lipinski definition) is 1. The van der Waals surface area contributed by atoms with Crippen molar-refractivity contribution in [2.45, 2.75) is 12.5 Å². The molecule has 0 spiro atoms. The molecule has 2 heterocycles. The fourth-order valence-electron chi connectivity index (χ4n) is 2.64. The van der Waals surface area contributed by atoms with Crippen LogP contribution in [0.1, 0.15) is 6.42 Å². The Balaban J connectivity index is 1.73. The lowest BCUT2D eigenvalue weighted by Crippen LogP contribution is -2.19. The average Bonchev–Trinajstić information content (AvgIpc) is 3.16. The average molecular weight is 296 g/mol. The topological polar surface area (TPSA) is 34.1 Å². The minimum Gasteiger partial charge on any atom is -0.488 e. The summed E-state index contributed by atoms with van der Waals surface area (Å²) in [5.41, 5.74) is 2.14. The van der Waals surface area contributed by atoms with E-state index >= 15 is 0 Å². The van der Waals surface area contributed by atoms with Crippen LogP contribution in [0.5, 0.6) is 5.75 Å². The van der Waals surface area contributed by atoms with Crippen LogP contribution in [0.3, 0.4) is 0 Å². The fourth-order valence-corrected chi connectivity index (χ4v) is 3.64. The molecule has 1 N–H and O–H groups in total. The molecule has 4 heteroatoms. The Morgan fingerprint density at radius 3 is 2.81 bits per heavy atom. The van der Waals surface area contributed by atoms with E-state index in [1.165, 1.54) is 4.70 Å². The van der Waals surface area contributed by atoms with Gasteiger partial charge in [-0.3, -0.25) is 0 Å². The maximum absolute atomic E-state index is 6.16. The molecule has 2 aromatic carbocycles. The SMILES string of the molecule is c1ccc(-c2nc3ccccc3s2)c(OC2CCNC2)c1. The van der Waals surface area contributed by atoms with Gasteiger partial charge < -0.3 is 10.1 Å². The van der Waals surface area contributed by atoms with Crippen LogP contribution in [0.25, 0.3) is 20.8 Å². The maximum atomic E-state index is 6.16. The van der Waals surface area contributed by atoms with Crippen LogP contribution in [0.15, 0.2) is 48.5 Å². The zero-order chi connectivity index (χ0) is 14.1. The molecule has 0 bridgehead atoms. The van der Waals surface area contributed by atoms with E-state index in [1.807, 2.05) is 24.3 Å². The second-order valence-electron chi connectivity index (χ2n) is 5.22. The smallest absolute Gasteiger partial charge is 0.130 e. The molecule has 1 unspecified atom stereocenters. The van der Waals surface area contributed by atoms with Gasteiger partial charge >= 0.3 is 0 Å². The molecule has 1 aliphatic heterocycles. The van der Waals surface area contributed by atoms with E-state index in [4.69, 9.17) is 9.72 Å². The molecule has 3 aromatic rings. The van der Waals surface area contributed by atoms with E-state index in [1.54, 1.807) is 11.3 Å². The predicted molar refractivity (Wildman–Crippen MR) is 87.0 cm³/mol. The lowest BCUT2D eigenvalue weighted by atomic mass is 10.2. The number of ether oxygens (including phenoxy) is 1. The number of benzene rings is 2. The van der Waals surface area contributed by atoms with Gasteiger partial charge in [0.1, 0.15) is 16.9 Å². The fraction of sp³-hybridized carbons (Fsp3) is 0.235. The van der Waals surface area contributed by atoms with Gasteiger partial charge in [-0.2, -0.15) is 0 Å². The van der Waals surface area contributed by atoms with Crippen molar-refractivity contribution in [2.75, 3.05) is 13.1 Å². The third kappa shape index (κ3) is 2.52. The summed E-state index contributed by atoms with van der Waals surface area (Å²) in [5.74, 6) is 0.935. The summed E-state index contributed by atoms with van der Waals surface area (Å²) >= 11 is 1.72. The number of rotatable bonds is 3. The molecule has 0 saturated carbocycles. The van der Waals surface area contributed by atoms with Crippen LogP contribution in [0, 0.1) is 0 Å². The van der Waals surface area contributed by atoms with Crippen LogP contribution in [0.2, 0.25) is 0 Å². The molecule has 3 nitrogen and oxygen atoms in total. The van der Waals surface area contributed by atoms with Crippen molar-refractivity contribution in [2.24, 2.45) is 0 Å². The summed E-state index contributed by atoms with van der Waals surface area (Å²) in [6, 6.07) is 16.4. The van der Waals surface area contributed by atoms with E-state index in [0.29, 0.717) is 0 Å². The van der Waals surface area contributed by atoms with Gasteiger partial charge in [-0.1, -0.05) is 24.3 Å². The van der Waals surface area contributed by atoms with Crippen LogP contribution in [-0.4, -0.2) is 24.2 Å². The first-order valence-electron chi connectivity index (χ1n) is 7.22. The molecule has 1 atom stereocenters. The van der Waals surface area contributed by atoms with Gasteiger partial charge in [0.15, 0.2) is 0 Å². The summed E-state index contributed by atoms with van der Waals surface area (Å²) < 4.78 is 7.37. The van der Waals surface area contributed by atoms with Gasteiger partial charge in [-0.05, 0) is 37.2 Å². The molecule has 0 radical (unpaired) electrons. The summed E-state index contributed by atoms with van der Waals surface area (Å²) in [5, 5.41) is 4.36. The normalized spacial score (nSPS) is 18.2. The second kappa shape index (κ2) is 5.47. The lowest BCUT2D eigenvalue weighted by molar-refractivity contribution is 0.224. The summed E-state index contributed by atoms with van der Waals surface area (Å²) in [6.07, 6.45) is 1.33. The predicted octanol–water partition coefficient (Wildman–Crippen LogP) is 3.70. The Bertz CT molecular complexity index is 729. The molecule has 106 valence electrons. The summed E-state index contributed by atoms with van der Waals surface area (Å²) in [7, 11) is 0. The first kappa shape index (κ1) is 12.8. The van der Waals surface area contributed by atoms with E-state index in [0.717, 1.165) is 41.3 Å². The Morgan fingerprint density at radius 2 is 1.95 bits per heavy atom. The minimum atomic E-state index is 0.264. The van der Waals surface area contributed by atoms with Gasteiger partial charge in [0.2, 0.25) is 0 Å². The van der Waals surface area contributed by atoms with Crippen LogP contribution in [-0.2, 0) is 0 Å². The number of nitrogens with one attached hydrogen (secondary N) is 1. The van der Waals surface area contributed by atoms with E-state index in [2.05, 4.69) is 29.6 Å². The van der Waals surface area contributed by atoms with E-state index in [-0.39, 0.29) is 6.10 Å². The largest absolute Gasteiger partial charge is 0.488 e. The van der Waals surface area contributed by atoms with E-state index in [9.17, 15) is 0 Å². The molecular weight excluding hydrogens is 280 g/mol. The standard InChI is InChI=1S/C17H16N2OS/c1-3-7-15(20-12-9-10-18-11-12)13(5-1)17-19-14-6-2-4-8-16(14)21-17/h1-8,12,18H,9-11H2. The number of aromatic nitrogens is 1. The van der Waals surface area contributed by atoms with Gasteiger partial charge in [0, 0.05) is 6.54 Å². The quantitative estimate of drug-likeness (QED) is 0.800. The number of hydrogen-bond acceptors (Lipinski definition) is 4. The van der Waals surface area contributed by atoms with Gasteiger partial charge in [-0.15, -0.1) is 11.3 Å². The Labute approximate surface area is 127 Å². The van der Waals surface area contributed by atoms with Crippen LogP contribution < -0.4 is 10.1 Å². The highest BCUT2D eigenvalue weighted by Crippen LogP contribution is 2.36. The molecule has 1 aliphatic rings. The van der Waals surface area contributed by atoms with Gasteiger partial charge in [-0.25, -0.2) is 4.98 Å². The van der Waals surface area contributed by atoms with Crippen molar-refractivity contribution in [3.63, 3.8) is 0 Å². The zero-order valence-corrected chi connectivity index (χ0v) is 12.4. The number of fused-ring (bicyclic) bond motifs is 1. The molecule has 21 heavy (non-hydrogen) atoms. The molecule has 1 aromatic heterocycles. The first-order valence-corrected chi connectivity index (χ1v) is 8.04. The van der Waals surface area contributed by atoms with Crippen molar-refractivity contribution < 1.29 is 4.74 Å². The molecule has 1 fully saturated rings. The van der Waals surface area contributed by atoms with Crippen molar-refractivity contribution in [1.82, 2.24) is 10.3 Å². The van der Waals surface area contributed by atoms with Gasteiger partial charge in [0.25, 0.3) is 0 Å². The maximum Gasteiger partial charge on any atom is 0.130 e. The lowest BCUT2D eigenvalue weighted by Gasteiger charge is -2.14. The van der Waals surface area contributed by atoms with E-state index < -0.39 is 0 Å². The first-order chi connectivity index (χ1) is 10.4. The Hall–Kier alpha value is -1.91. The van der Waals surface area contributed by atoms with Crippen molar-refractivity contribution in [3.05, 3.63) is 48.5 Å². The Kier molecular flexibility index (Phi) is 3.33. The summed E-state index contributed by atoms with van der Waals surface area (Å²) in [4.78, 5) is 4.74. The number of nitrogens with zero attached hydrogens (tertiary/aromatic N) is 1. The highest BCUT2D eigenvalue weighted by atomic mass is 32.1.